The van der Waals surface area contributed by atoms with Gasteiger partial charge in [0.2, 0.25) is 0 Å². The molecule has 29 heavy (non-hydrogen) atoms. The predicted molar refractivity (Wildman–Crippen MR) is 99.5 cm³/mol. The molecule has 0 radical (unpaired) electrons. The number of rotatable bonds is 3. The van der Waals surface area contributed by atoms with E-state index in [9.17, 15) is 18.3 Å². The fourth-order valence-corrected chi connectivity index (χ4v) is 4.26. The van der Waals surface area contributed by atoms with Crippen LogP contribution in [-0.4, -0.2) is 55.8 Å². The number of halogens is 3. The number of imidazole rings is 1. The highest BCUT2D eigenvalue weighted by molar-refractivity contribution is 5.71. The van der Waals surface area contributed by atoms with E-state index >= 15 is 0 Å². The molecule has 1 saturated heterocycles. The molecule has 3 heterocycles. The van der Waals surface area contributed by atoms with E-state index in [1.54, 1.807) is 16.8 Å². The van der Waals surface area contributed by atoms with Gasteiger partial charge in [-0.25, -0.2) is 4.98 Å². The number of aromatic hydroxyl groups is 1. The summed E-state index contributed by atoms with van der Waals surface area (Å²) in [6, 6.07) is 3.04. The van der Waals surface area contributed by atoms with Crippen LogP contribution in [0, 0.1) is 5.41 Å². The van der Waals surface area contributed by atoms with Crippen LogP contribution in [0.1, 0.15) is 18.4 Å². The first-order chi connectivity index (χ1) is 13.8. The first kappa shape index (κ1) is 18.2. The van der Waals surface area contributed by atoms with Crippen LogP contribution in [0.3, 0.4) is 0 Å². The summed E-state index contributed by atoms with van der Waals surface area (Å²) >= 11 is 0. The number of likely N-dealkylation sites (tertiary alicyclic amines) is 1. The third kappa shape index (κ3) is 2.98. The van der Waals surface area contributed by atoms with Crippen LogP contribution in [0.15, 0.2) is 30.6 Å². The fraction of sp³-hybridized carbons (Fsp3) is 0.421. The summed E-state index contributed by atoms with van der Waals surface area (Å²) in [5.41, 5.74) is 0.00982. The van der Waals surface area contributed by atoms with E-state index in [0.29, 0.717) is 17.5 Å². The maximum absolute atomic E-state index is 12.9. The van der Waals surface area contributed by atoms with Crippen molar-refractivity contribution in [1.29, 1.82) is 0 Å². The number of anilines is 1. The van der Waals surface area contributed by atoms with Crippen LogP contribution in [0.5, 0.6) is 5.75 Å². The Labute approximate surface area is 164 Å². The van der Waals surface area contributed by atoms with Gasteiger partial charge in [0, 0.05) is 36.9 Å². The number of nitrogens with one attached hydrogen (secondary N) is 1. The van der Waals surface area contributed by atoms with Crippen LogP contribution in [0.2, 0.25) is 0 Å². The Morgan fingerprint density at radius 2 is 2.03 bits per heavy atom. The summed E-state index contributed by atoms with van der Waals surface area (Å²) in [6.07, 6.45) is 1.03. The SMILES string of the molecule is CN1CC(Nc2nnc(-c3ccc(C(F)(F)F)cc3O)n3ccnc23)C2(CC2)C1. The second-order valence-corrected chi connectivity index (χ2v) is 7.98. The molecule has 0 bridgehead atoms. The lowest BCUT2D eigenvalue weighted by Gasteiger charge is -2.20. The number of alkyl halides is 3. The highest BCUT2D eigenvalue weighted by atomic mass is 19.4. The van der Waals surface area contributed by atoms with Crippen molar-refractivity contribution in [1.82, 2.24) is 24.5 Å². The van der Waals surface area contributed by atoms with Gasteiger partial charge in [-0.15, -0.1) is 10.2 Å². The van der Waals surface area contributed by atoms with Crippen molar-refractivity contribution in [2.24, 2.45) is 5.41 Å². The van der Waals surface area contributed by atoms with Gasteiger partial charge in [-0.3, -0.25) is 4.40 Å². The van der Waals surface area contributed by atoms with Gasteiger partial charge in [-0.1, -0.05) is 0 Å². The molecule has 1 spiro atoms. The van der Waals surface area contributed by atoms with Crippen molar-refractivity contribution in [3.63, 3.8) is 0 Å². The van der Waals surface area contributed by atoms with E-state index in [1.165, 1.54) is 18.9 Å². The van der Waals surface area contributed by atoms with E-state index in [0.717, 1.165) is 19.2 Å². The maximum atomic E-state index is 12.9. The van der Waals surface area contributed by atoms with E-state index in [1.807, 2.05) is 0 Å². The molecule has 1 saturated carbocycles. The quantitative estimate of drug-likeness (QED) is 0.699. The number of hydrogen-bond donors (Lipinski definition) is 2. The minimum absolute atomic E-state index is 0.152. The van der Waals surface area contributed by atoms with Gasteiger partial charge in [0.15, 0.2) is 17.3 Å². The summed E-state index contributed by atoms with van der Waals surface area (Å²) in [7, 11) is 2.09. The Kier molecular flexibility index (Phi) is 3.79. The number of phenolic OH excluding ortho intramolecular Hbond substituents is 1. The molecule has 2 aromatic heterocycles. The summed E-state index contributed by atoms with van der Waals surface area (Å²) in [5.74, 6) is 0.231. The topological polar surface area (TPSA) is 78.6 Å². The Hall–Kier alpha value is -2.88. The molecule has 1 aliphatic carbocycles. The van der Waals surface area contributed by atoms with Crippen molar-refractivity contribution in [3.8, 4) is 17.1 Å². The normalized spacial score (nSPS) is 21.2. The van der Waals surface area contributed by atoms with Crippen LogP contribution in [-0.2, 0) is 6.18 Å². The molecule has 1 atom stereocenters. The maximum Gasteiger partial charge on any atom is 0.416 e. The van der Waals surface area contributed by atoms with Crippen LogP contribution < -0.4 is 5.32 Å². The summed E-state index contributed by atoms with van der Waals surface area (Å²) in [6.45, 7) is 1.94. The monoisotopic (exact) mass is 404 g/mol. The fourth-order valence-electron chi connectivity index (χ4n) is 4.26. The minimum Gasteiger partial charge on any atom is -0.507 e. The van der Waals surface area contributed by atoms with Crippen molar-refractivity contribution >= 4 is 11.5 Å². The largest absolute Gasteiger partial charge is 0.507 e. The minimum atomic E-state index is -4.53. The lowest BCUT2D eigenvalue weighted by Crippen LogP contribution is -2.30. The number of likely N-dealkylation sites (N-methyl/N-ethyl adjacent to an activating group) is 1. The average molecular weight is 404 g/mol. The Morgan fingerprint density at radius 3 is 2.72 bits per heavy atom. The molecule has 7 nitrogen and oxygen atoms in total. The van der Waals surface area contributed by atoms with E-state index in [-0.39, 0.29) is 22.8 Å². The highest BCUT2D eigenvalue weighted by Crippen LogP contribution is 2.53. The van der Waals surface area contributed by atoms with Gasteiger partial charge in [-0.2, -0.15) is 13.2 Å². The predicted octanol–water partition coefficient (Wildman–Crippen LogP) is 3.02. The van der Waals surface area contributed by atoms with Gasteiger partial charge in [0.05, 0.1) is 11.1 Å². The lowest BCUT2D eigenvalue weighted by atomic mass is 10.0. The van der Waals surface area contributed by atoms with Crippen molar-refractivity contribution in [3.05, 3.63) is 36.2 Å². The molecular formula is C19H19F3N6O. The Bertz CT molecular complexity index is 1090. The molecule has 152 valence electrons. The van der Waals surface area contributed by atoms with E-state index in [4.69, 9.17) is 0 Å². The number of aromatic nitrogens is 4. The van der Waals surface area contributed by atoms with Gasteiger partial charge in [0.25, 0.3) is 0 Å². The van der Waals surface area contributed by atoms with Crippen molar-refractivity contribution in [2.45, 2.75) is 25.1 Å². The molecule has 1 unspecified atom stereocenters. The number of phenols is 1. The highest BCUT2D eigenvalue weighted by Gasteiger charge is 2.54. The number of hydrogen-bond acceptors (Lipinski definition) is 6. The first-order valence-corrected chi connectivity index (χ1v) is 9.32. The zero-order valence-corrected chi connectivity index (χ0v) is 15.6. The molecule has 10 heteroatoms. The molecule has 1 aromatic carbocycles. The first-order valence-electron chi connectivity index (χ1n) is 9.32. The third-order valence-electron chi connectivity index (χ3n) is 5.91. The number of fused-ring (bicyclic) bond motifs is 1. The Balaban J connectivity index is 1.52. The molecule has 0 amide bonds. The standard InChI is InChI=1S/C19H19F3N6O/c1-27-9-14(18(10-27)4-5-18)24-15-17-23-6-7-28(17)16(26-25-15)12-3-2-11(8-13(12)29)19(20,21)22/h2-3,6-8,14,29H,4-5,9-10H2,1H3,(H,24,25). The molecule has 1 aliphatic heterocycles. The Morgan fingerprint density at radius 1 is 1.24 bits per heavy atom. The van der Waals surface area contributed by atoms with Crippen molar-refractivity contribution < 1.29 is 18.3 Å². The van der Waals surface area contributed by atoms with Crippen LogP contribution >= 0.6 is 0 Å². The lowest BCUT2D eigenvalue weighted by molar-refractivity contribution is -0.137. The average Bonchev–Trinajstić information content (AvgIpc) is 3.12. The van der Waals surface area contributed by atoms with Gasteiger partial charge < -0.3 is 15.3 Å². The molecule has 2 fully saturated rings. The zero-order chi connectivity index (χ0) is 20.4. The summed E-state index contributed by atoms with van der Waals surface area (Å²) in [5, 5.41) is 22.1. The zero-order valence-electron chi connectivity index (χ0n) is 15.6. The van der Waals surface area contributed by atoms with Crippen molar-refractivity contribution in [2.75, 3.05) is 25.5 Å². The molecule has 5 rings (SSSR count). The second-order valence-electron chi connectivity index (χ2n) is 7.98. The second kappa shape index (κ2) is 6.06. The third-order valence-corrected chi connectivity index (χ3v) is 5.91. The number of benzene rings is 1. The van der Waals surface area contributed by atoms with Gasteiger partial charge in [0.1, 0.15) is 5.75 Å². The summed E-state index contributed by atoms with van der Waals surface area (Å²) in [4.78, 5) is 6.63. The smallest absolute Gasteiger partial charge is 0.416 e. The van der Waals surface area contributed by atoms with Gasteiger partial charge in [-0.05, 0) is 38.1 Å². The summed E-state index contributed by atoms with van der Waals surface area (Å²) < 4.78 is 40.3. The van der Waals surface area contributed by atoms with Crippen LogP contribution in [0.25, 0.3) is 17.0 Å². The molecule has 2 aliphatic rings. The van der Waals surface area contributed by atoms with Gasteiger partial charge >= 0.3 is 6.18 Å². The van der Waals surface area contributed by atoms with E-state index in [2.05, 4.69) is 32.4 Å². The number of nitrogens with zero attached hydrogens (tertiary/aromatic N) is 5. The molecule has 2 N–H and O–H groups in total. The van der Waals surface area contributed by atoms with Crippen LogP contribution in [0.4, 0.5) is 19.0 Å². The molecule has 3 aromatic rings. The molecular weight excluding hydrogens is 385 g/mol. The van der Waals surface area contributed by atoms with E-state index < -0.39 is 17.5 Å².